The van der Waals surface area contributed by atoms with Crippen LogP contribution in [0.2, 0.25) is 0 Å². The molecular weight excluding hydrogens is 236 g/mol. The van der Waals surface area contributed by atoms with Gasteiger partial charge in [-0.25, -0.2) is 4.98 Å². The van der Waals surface area contributed by atoms with Gasteiger partial charge in [-0.2, -0.15) is 0 Å². The molecule has 3 rings (SSSR count). The van der Waals surface area contributed by atoms with Crippen LogP contribution in [0.15, 0.2) is 18.2 Å². The Labute approximate surface area is 113 Å². The Hall–Kier alpha value is -1.71. The first-order valence-electron chi connectivity index (χ1n) is 7.13. The van der Waals surface area contributed by atoms with Gasteiger partial charge in [0.25, 0.3) is 0 Å². The first-order chi connectivity index (χ1) is 9.11. The Kier molecular flexibility index (Phi) is 3.09. The van der Waals surface area contributed by atoms with E-state index in [1.165, 1.54) is 19.3 Å². The summed E-state index contributed by atoms with van der Waals surface area (Å²) in [6.07, 6.45) is 3.82. The fourth-order valence-corrected chi connectivity index (χ4v) is 3.15. The van der Waals surface area contributed by atoms with Gasteiger partial charge in [-0.3, -0.25) is 0 Å². The fraction of sp³-hybridized carbons (Fsp3) is 0.533. The van der Waals surface area contributed by atoms with E-state index in [4.69, 9.17) is 5.73 Å². The third-order valence-corrected chi connectivity index (χ3v) is 4.26. The van der Waals surface area contributed by atoms with Crippen LogP contribution in [-0.4, -0.2) is 16.0 Å². The number of imidazole rings is 1. The molecule has 4 heteroatoms. The number of fused-ring (bicyclic) bond motifs is 1. The van der Waals surface area contributed by atoms with Gasteiger partial charge in [0.15, 0.2) is 0 Å². The molecule has 3 unspecified atom stereocenters. The van der Waals surface area contributed by atoms with Gasteiger partial charge in [0.1, 0.15) is 0 Å². The molecule has 0 radical (unpaired) electrons. The van der Waals surface area contributed by atoms with Gasteiger partial charge in [-0.15, -0.1) is 0 Å². The number of hydrogen-bond donors (Lipinski definition) is 3. The predicted octanol–water partition coefficient (Wildman–Crippen LogP) is 3.38. The highest BCUT2D eigenvalue weighted by Gasteiger charge is 2.25. The molecular formula is C15H22N4. The van der Waals surface area contributed by atoms with Crippen LogP contribution in [-0.2, 0) is 0 Å². The maximum atomic E-state index is 5.79. The smallest absolute Gasteiger partial charge is 0.201 e. The van der Waals surface area contributed by atoms with E-state index in [1.54, 1.807) is 0 Å². The minimum absolute atomic E-state index is 0.522. The van der Waals surface area contributed by atoms with Crippen molar-refractivity contribution < 1.29 is 0 Å². The summed E-state index contributed by atoms with van der Waals surface area (Å²) in [6, 6.07) is 6.30. The number of nitrogens with zero attached hydrogens (tertiary/aromatic N) is 1. The number of aromatic amines is 1. The van der Waals surface area contributed by atoms with E-state index in [1.807, 2.05) is 18.2 Å². The van der Waals surface area contributed by atoms with Gasteiger partial charge in [-0.1, -0.05) is 13.8 Å². The van der Waals surface area contributed by atoms with Crippen LogP contribution in [0.1, 0.15) is 33.1 Å². The van der Waals surface area contributed by atoms with E-state index in [0.29, 0.717) is 12.0 Å². The zero-order chi connectivity index (χ0) is 13.4. The van der Waals surface area contributed by atoms with Crippen LogP contribution in [0.5, 0.6) is 0 Å². The van der Waals surface area contributed by atoms with Crippen molar-refractivity contribution in [3.63, 3.8) is 0 Å². The third-order valence-electron chi connectivity index (χ3n) is 4.26. The molecule has 1 aromatic carbocycles. The Bertz CT molecular complexity index is 575. The van der Waals surface area contributed by atoms with Crippen molar-refractivity contribution in [2.45, 2.75) is 39.2 Å². The van der Waals surface area contributed by atoms with Crippen LogP contribution in [0.4, 0.5) is 11.6 Å². The van der Waals surface area contributed by atoms with E-state index >= 15 is 0 Å². The monoisotopic (exact) mass is 258 g/mol. The van der Waals surface area contributed by atoms with E-state index in [9.17, 15) is 0 Å². The Morgan fingerprint density at radius 1 is 1.32 bits per heavy atom. The maximum absolute atomic E-state index is 5.79. The second-order valence-corrected chi connectivity index (χ2v) is 6.01. The lowest BCUT2D eigenvalue weighted by Gasteiger charge is -2.33. The number of benzene rings is 1. The molecule has 3 atom stereocenters. The highest BCUT2D eigenvalue weighted by Crippen LogP contribution is 2.30. The summed E-state index contributed by atoms with van der Waals surface area (Å²) in [5.41, 5.74) is 8.52. The summed E-state index contributed by atoms with van der Waals surface area (Å²) in [6.45, 7) is 4.67. The Morgan fingerprint density at radius 2 is 2.16 bits per heavy atom. The first-order valence-corrected chi connectivity index (χ1v) is 7.13. The summed E-state index contributed by atoms with van der Waals surface area (Å²) < 4.78 is 0. The van der Waals surface area contributed by atoms with Crippen molar-refractivity contribution >= 4 is 22.7 Å². The van der Waals surface area contributed by atoms with Crippen molar-refractivity contribution in [3.05, 3.63) is 18.2 Å². The third kappa shape index (κ3) is 2.53. The number of anilines is 2. The zero-order valence-electron chi connectivity index (χ0n) is 11.6. The number of rotatable bonds is 2. The van der Waals surface area contributed by atoms with Gasteiger partial charge in [0.05, 0.1) is 11.0 Å². The first kappa shape index (κ1) is 12.3. The van der Waals surface area contributed by atoms with Crippen LogP contribution >= 0.6 is 0 Å². The minimum Gasteiger partial charge on any atom is -0.399 e. The second-order valence-electron chi connectivity index (χ2n) is 6.01. The number of nitrogen functional groups attached to an aromatic ring is 1. The van der Waals surface area contributed by atoms with Crippen molar-refractivity contribution in [2.75, 3.05) is 11.1 Å². The molecule has 1 fully saturated rings. The molecule has 102 valence electrons. The normalized spacial score (nSPS) is 27.6. The van der Waals surface area contributed by atoms with Crippen molar-refractivity contribution in [1.29, 1.82) is 0 Å². The van der Waals surface area contributed by atoms with E-state index in [2.05, 4.69) is 29.1 Å². The zero-order valence-corrected chi connectivity index (χ0v) is 11.6. The molecule has 1 aromatic heterocycles. The largest absolute Gasteiger partial charge is 0.399 e. The number of H-pyrrole nitrogens is 1. The van der Waals surface area contributed by atoms with Crippen LogP contribution in [0.3, 0.4) is 0 Å². The van der Waals surface area contributed by atoms with Crippen molar-refractivity contribution in [3.8, 4) is 0 Å². The van der Waals surface area contributed by atoms with E-state index in [0.717, 1.165) is 28.6 Å². The van der Waals surface area contributed by atoms with Gasteiger partial charge in [0, 0.05) is 11.7 Å². The number of hydrogen-bond acceptors (Lipinski definition) is 3. The Balaban J connectivity index is 1.77. The SMILES string of the molecule is CC1CCC(Nc2nc3ccc(N)cc3[nH]2)C(C)C1. The highest BCUT2D eigenvalue weighted by atomic mass is 15.1. The topological polar surface area (TPSA) is 66.7 Å². The average molecular weight is 258 g/mol. The van der Waals surface area contributed by atoms with Crippen molar-refractivity contribution in [2.24, 2.45) is 11.8 Å². The predicted molar refractivity (Wildman–Crippen MR) is 80.1 cm³/mol. The summed E-state index contributed by atoms with van der Waals surface area (Å²) in [7, 11) is 0. The summed E-state index contributed by atoms with van der Waals surface area (Å²) >= 11 is 0. The van der Waals surface area contributed by atoms with Gasteiger partial charge in [-0.05, 0) is 49.3 Å². The van der Waals surface area contributed by atoms with Gasteiger partial charge < -0.3 is 16.0 Å². The van der Waals surface area contributed by atoms with Crippen LogP contribution < -0.4 is 11.1 Å². The van der Waals surface area contributed by atoms with E-state index in [-0.39, 0.29) is 0 Å². The summed E-state index contributed by atoms with van der Waals surface area (Å²) in [4.78, 5) is 7.89. The molecule has 4 nitrogen and oxygen atoms in total. The van der Waals surface area contributed by atoms with Gasteiger partial charge >= 0.3 is 0 Å². The van der Waals surface area contributed by atoms with Gasteiger partial charge in [0.2, 0.25) is 5.95 Å². The Morgan fingerprint density at radius 3 is 2.95 bits per heavy atom. The minimum atomic E-state index is 0.522. The molecule has 0 aliphatic heterocycles. The average Bonchev–Trinajstić information content (AvgIpc) is 2.74. The highest BCUT2D eigenvalue weighted by molar-refractivity contribution is 5.80. The molecule has 0 saturated heterocycles. The molecule has 1 heterocycles. The lowest BCUT2D eigenvalue weighted by atomic mass is 9.80. The molecule has 0 amide bonds. The number of nitrogens with two attached hydrogens (primary N) is 1. The molecule has 0 bridgehead atoms. The molecule has 1 saturated carbocycles. The second kappa shape index (κ2) is 4.76. The van der Waals surface area contributed by atoms with Crippen LogP contribution in [0, 0.1) is 11.8 Å². The number of aromatic nitrogens is 2. The molecule has 2 aromatic rings. The lowest BCUT2D eigenvalue weighted by molar-refractivity contribution is 0.276. The maximum Gasteiger partial charge on any atom is 0.201 e. The van der Waals surface area contributed by atoms with Crippen LogP contribution in [0.25, 0.3) is 11.0 Å². The summed E-state index contributed by atoms with van der Waals surface area (Å²) in [5.74, 6) is 2.41. The number of nitrogens with one attached hydrogen (secondary N) is 2. The quantitative estimate of drug-likeness (QED) is 0.723. The fourth-order valence-electron chi connectivity index (χ4n) is 3.15. The molecule has 1 aliphatic rings. The molecule has 4 N–H and O–H groups in total. The van der Waals surface area contributed by atoms with E-state index < -0.39 is 0 Å². The molecule has 1 aliphatic carbocycles. The molecule has 0 spiro atoms. The lowest BCUT2D eigenvalue weighted by Crippen LogP contribution is -2.33. The molecule has 19 heavy (non-hydrogen) atoms. The summed E-state index contributed by atoms with van der Waals surface area (Å²) in [5, 5.41) is 3.55. The standard InChI is InChI=1S/C15H22N4/c1-9-3-5-12(10(2)7-9)17-15-18-13-6-4-11(16)8-14(13)19-15/h4,6,8-10,12H,3,5,7,16H2,1-2H3,(H2,17,18,19). The van der Waals surface area contributed by atoms with Crippen molar-refractivity contribution in [1.82, 2.24) is 9.97 Å².